The molecule has 0 aliphatic rings. The molecule has 36 heavy (non-hydrogen) atoms. The lowest BCUT2D eigenvalue weighted by molar-refractivity contribution is -0.154. The molecule has 0 fully saturated rings. The van der Waals surface area contributed by atoms with E-state index in [0.29, 0.717) is 0 Å². The fourth-order valence-electron chi connectivity index (χ4n) is 3.97. The molecule has 0 radical (unpaired) electrons. The molecule has 0 saturated heterocycles. The number of hydrogen-bond donors (Lipinski definition) is 1. The molecule has 7 nitrogen and oxygen atoms in total. The molecule has 4 rings (SSSR count). The van der Waals surface area contributed by atoms with Crippen LogP contribution < -0.4 is 10.5 Å². The van der Waals surface area contributed by atoms with E-state index in [1.807, 2.05) is 0 Å². The summed E-state index contributed by atoms with van der Waals surface area (Å²) in [6, 6.07) is 9.29. The Morgan fingerprint density at radius 1 is 1.14 bits per heavy atom. The minimum absolute atomic E-state index is 0.0194. The second-order valence-electron chi connectivity index (χ2n) is 8.06. The van der Waals surface area contributed by atoms with Gasteiger partial charge in [-0.3, -0.25) is 4.57 Å². The van der Waals surface area contributed by atoms with Gasteiger partial charge in [-0.2, -0.15) is 13.2 Å². The number of aromatic carboxylic acids is 1. The van der Waals surface area contributed by atoms with Crippen molar-refractivity contribution < 1.29 is 32.2 Å². The number of pyridine rings is 1. The summed E-state index contributed by atoms with van der Waals surface area (Å²) in [5.74, 6) is -4.81. The number of carboxylic acids is 1. The molecule has 0 saturated carbocycles. The second-order valence-corrected chi connectivity index (χ2v) is 8.87. The molecule has 2 heterocycles. The van der Waals surface area contributed by atoms with Crippen molar-refractivity contribution in [2.24, 2.45) is 7.05 Å². The average molecular weight is 541 g/mol. The van der Waals surface area contributed by atoms with Crippen LogP contribution in [0.1, 0.15) is 40.2 Å². The van der Waals surface area contributed by atoms with Crippen molar-refractivity contribution in [3.8, 4) is 11.6 Å². The van der Waals surface area contributed by atoms with Crippen LogP contribution in [0.5, 0.6) is 11.6 Å². The number of carboxylic acid groups (broad SMARTS) is 1. The van der Waals surface area contributed by atoms with E-state index in [0.717, 1.165) is 10.8 Å². The summed E-state index contributed by atoms with van der Waals surface area (Å²) in [6.45, 7) is 1.41. The molecule has 0 aliphatic carbocycles. The monoisotopic (exact) mass is 540 g/mol. The van der Waals surface area contributed by atoms with Crippen LogP contribution in [0.25, 0.3) is 11.1 Å². The number of halogens is 5. The first-order chi connectivity index (χ1) is 16.9. The lowest BCUT2D eigenvalue weighted by atomic mass is 9.82. The number of aryl methyl sites for hydroxylation is 1. The molecule has 1 N–H and O–H groups in total. The van der Waals surface area contributed by atoms with Crippen LogP contribution in [0.2, 0.25) is 10.0 Å². The van der Waals surface area contributed by atoms with Crippen molar-refractivity contribution in [3.05, 3.63) is 85.9 Å². The van der Waals surface area contributed by atoms with Gasteiger partial charge in [-0.1, -0.05) is 42.3 Å². The minimum atomic E-state index is -4.62. The summed E-state index contributed by atoms with van der Waals surface area (Å²) in [7, 11) is 1.41. The van der Waals surface area contributed by atoms with Gasteiger partial charge in [0, 0.05) is 24.3 Å². The summed E-state index contributed by atoms with van der Waals surface area (Å²) in [5.41, 5.74) is 0.392. The number of benzene rings is 2. The van der Waals surface area contributed by atoms with Gasteiger partial charge in [0.15, 0.2) is 5.58 Å². The molecule has 2 aromatic carbocycles. The van der Waals surface area contributed by atoms with Crippen molar-refractivity contribution in [3.63, 3.8) is 0 Å². The van der Waals surface area contributed by atoms with E-state index in [-0.39, 0.29) is 49.5 Å². The summed E-state index contributed by atoms with van der Waals surface area (Å²) in [5, 5.41) is 8.97. The SMILES string of the molecule is CC(c1ccc(Oc2cc(Cl)c(C(=O)O)cn2)cc1Cl)C(c1ccc2oc(=O)n(C)c2c1)C(F)(F)F. The third-order valence-corrected chi connectivity index (χ3v) is 6.41. The van der Waals surface area contributed by atoms with Crippen LogP contribution in [0.3, 0.4) is 0 Å². The van der Waals surface area contributed by atoms with Crippen LogP contribution in [-0.4, -0.2) is 26.8 Å². The highest BCUT2D eigenvalue weighted by Gasteiger charge is 2.45. The van der Waals surface area contributed by atoms with Crippen LogP contribution in [0, 0.1) is 0 Å². The fraction of sp³-hybridized carbons (Fsp3) is 0.208. The molecule has 12 heteroatoms. The topological polar surface area (TPSA) is 94.6 Å². The molecule has 0 spiro atoms. The van der Waals surface area contributed by atoms with Gasteiger partial charge in [0.1, 0.15) is 5.75 Å². The smallest absolute Gasteiger partial charge is 0.419 e. The summed E-state index contributed by atoms with van der Waals surface area (Å²) < 4.78 is 54.5. The zero-order valence-corrected chi connectivity index (χ0v) is 20.1. The molecule has 0 bridgehead atoms. The van der Waals surface area contributed by atoms with E-state index in [1.165, 1.54) is 56.4 Å². The average Bonchev–Trinajstić information content (AvgIpc) is 3.06. The minimum Gasteiger partial charge on any atom is -0.478 e. The number of carbonyl (C=O) groups is 1. The van der Waals surface area contributed by atoms with Gasteiger partial charge in [-0.05, 0) is 41.3 Å². The number of ether oxygens (including phenoxy) is 1. The highest BCUT2D eigenvalue weighted by molar-refractivity contribution is 6.33. The van der Waals surface area contributed by atoms with Gasteiger partial charge in [-0.15, -0.1) is 0 Å². The van der Waals surface area contributed by atoms with Crippen molar-refractivity contribution in [1.82, 2.24) is 9.55 Å². The Labute approximate surface area is 211 Å². The van der Waals surface area contributed by atoms with E-state index < -0.39 is 29.7 Å². The number of hydrogen-bond acceptors (Lipinski definition) is 5. The molecule has 2 atom stereocenters. The van der Waals surface area contributed by atoms with Gasteiger partial charge in [0.2, 0.25) is 5.88 Å². The van der Waals surface area contributed by atoms with Gasteiger partial charge >= 0.3 is 17.9 Å². The Bertz CT molecular complexity index is 1530. The second kappa shape index (κ2) is 9.51. The number of fused-ring (bicyclic) bond motifs is 1. The lowest BCUT2D eigenvalue weighted by Crippen LogP contribution is -2.26. The maximum Gasteiger partial charge on any atom is 0.419 e. The van der Waals surface area contributed by atoms with Crippen LogP contribution >= 0.6 is 23.2 Å². The Morgan fingerprint density at radius 3 is 2.47 bits per heavy atom. The van der Waals surface area contributed by atoms with Crippen LogP contribution in [-0.2, 0) is 7.05 Å². The van der Waals surface area contributed by atoms with Crippen LogP contribution in [0.15, 0.2) is 57.9 Å². The highest BCUT2D eigenvalue weighted by atomic mass is 35.5. The van der Waals surface area contributed by atoms with Crippen molar-refractivity contribution in [2.75, 3.05) is 0 Å². The maximum absolute atomic E-state index is 14.3. The van der Waals surface area contributed by atoms with Gasteiger partial charge in [-0.25, -0.2) is 14.6 Å². The number of aromatic nitrogens is 2. The number of alkyl halides is 3. The molecular weight excluding hydrogens is 524 g/mol. The van der Waals surface area contributed by atoms with Gasteiger partial charge < -0.3 is 14.3 Å². The quantitative estimate of drug-likeness (QED) is 0.290. The first-order valence-corrected chi connectivity index (χ1v) is 11.1. The van der Waals surface area contributed by atoms with Gasteiger partial charge in [0.05, 0.1) is 22.0 Å². The Kier molecular flexibility index (Phi) is 6.76. The Hall–Kier alpha value is -3.50. The predicted octanol–water partition coefficient (Wildman–Crippen LogP) is 6.77. The molecule has 2 aromatic heterocycles. The van der Waals surface area contributed by atoms with E-state index in [4.69, 9.17) is 37.5 Å². The van der Waals surface area contributed by atoms with Crippen molar-refractivity contribution in [2.45, 2.75) is 24.9 Å². The lowest BCUT2D eigenvalue weighted by Gasteiger charge is -2.28. The number of nitrogens with zero attached hydrogens (tertiary/aromatic N) is 2. The van der Waals surface area contributed by atoms with Crippen molar-refractivity contribution in [1.29, 1.82) is 0 Å². The maximum atomic E-state index is 14.3. The third kappa shape index (κ3) is 4.91. The number of rotatable bonds is 6. The zero-order valence-electron chi connectivity index (χ0n) is 18.6. The van der Waals surface area contributed by atoms with E-state index in [2.05, 4.69) is 4.98 Å². The Morgan fingerprint density at radius 2 is 1.86 bits per heavy atom. The van der Waals surface area contributed by atoms with Gasteiger partial charge in [0.25, 0.3) is 0 Å². The van der Waals surface area contributed by atoms with E-state index in [1.54, 1.807) is 0 Å². The standard InChI is InChI=1S/C24H17Cl2F3N2O5/c1-11(21(24(27,28)29)12-3-6-19-18(7-12)31(2)23(34)36-19)14-5-4-13(8-16(14)25)35-20-9-17(26)15(10-30-20)22(32)33/h3-11,21H,1-2H3,(H,32,33). The van der Waals surface area contributed by atoms with E-state index >= 15 is 0 Å². The molecule has 0 aliphatic heterocycles. The van der Waals surface area contributed by atoms with Crippen LogP contribution in [0.4, 0.5) is 13.2 Å². The summed E-state index contributed by atoms with van der Waals surface area (Å²) >= 11 is 12.3. The van der Waals surface area contributed by atoms with E-state index in [9.17, 15) is 22.8 Å². The zero-order chi connectivity index (χ0) is 26.4. The fourth-order valence-corrected chi connectivity index (χ4v) is 4.53. The predicted molar refractivity (Wildman–Crippen MR) is 126 cm³/mol. The normalized spacial score (nSPS) is 13.5. The molecular formula is C24H17Cl2F3N2O5. The third-order valence-electron chi connectivity index (χ3n) is 5.77. The molecule has 2 unspecified atom stereocenters. The first kappa shape index (κ1) is 25.6. The molecule has 0 amide bonds. The Balaban J connectivity index is 1.66. The highest BCUT2D eigenvalue weighted by Crippen LogP contribution is 2.47. The molecule has 4 aromatic rings. The van der Waals surface area contributed by atoms with Crippen molar-refractivity contribution >= 4 is 40.3 Å². The summed E-state index contributed by atoms with van der Waals surface area (Å²) in [6.07, 6.45) is -3.60. The molecule has 188 valence electrons. The number of oxazole rings is 1. The first-order valence-electron chi connectivity index (χ1n) is 10.4. The summed E-state index contributed by atoms with van der Waals surface area (Å²) in [4.78, 5) is 26.7. The largest absolute Gasteiger partial charge is 0.478 e.